The third-order valence-corrected chi connectivity index (χ3v) is 5.90. The number of fused-ring (bicyclic) bond motifs is 1. The predicted molar refractivity (Wildman–Crippen MR) is 118 cm³/mol. The minimum atomic E-state index is -0.259. The Kier molecular flexibility index (Phi) is 5.91. The molecule has 0 saturated carbocycles. The summed E-state index contributed by atoms with van der Waals surface area (Å²) in [6.45, 7) is 0.709. The van der Waals surface area contributed by atoms with E-state index in [1.165, 1.54) is 16.7 Å². The highest BCUT2D eigenvalue weighted by Gasteiger charge is 2.31. The summed E-state index contributed by atoms with van der Waals surface area (Å²) in [4.78, 5) is 27.1. The lowest BCUT2D eigenvalue weighted by atomic mass is 10.2. The highest BCUT2D eigenvalue weighted by molar-refractivity contribution is 8.26. The number of amides is 2. The molecule has 2 aliphatic rings. The second kappa shape index (κ2) is 8.76. The molecule has 30 heavy (non-hydrogen) atoms. The number of thiocarbonyl (C=S) groups is 1. The van der Waals surface area contributed by atoms with Gasteiger partial charge in [-0.3, -0.25) is 14.5 Å². The van der Waals surface area contributed by atoms with Crippen molar-refractivity contribution in [3.05, 3.63) is 58.5 Å². The van der Waals surface area contributed by atoms with Gasteiger partial charge in [-0.05, 0) is 42.0 Å². The number of carbonyl (C=O) groups excluding carboxylic acids is 2. The molecule has 7 nitrogen and oxygen atoms in total. The van der Waals surface area contributed by atoms with Crippen LogP contribution in [0.1, 0.15) is 15.9 Å². The van der Waals surface area contributed by atoms with Gasteiger partial charge in [-0.15, -0.1) is 0 Å². The van der Waals surface area contributed by atoms with E-state index in [1.807, 2.05) is 24.3 Å². The van der Waals surface area contributed by atoms with Crippen LogP contribution in [0.25, 0.3) is 6.08 Å². The number of methoxy groups -OCH3 is 1. The number of thioether (sulfide) groups is 1. The van der Waals surface area contributed by atoms with Crippen LogP contribution in [-0.4, -0.2) is 48.0 Å². The summed E-state index contributed by atoms with van der Waals surface area (Å²) < 4.78 is 16.2. The van der Waals surface area contributed by atoms with Crippen molar-refractivity contribution in [2.24, 2.45) is 0 Å². The zero-order valence-corrected chi connectivity index (χ0v) is 17.7. The van der Waals surface area contributed by atoms with Gasteiger partial charge in [0.2, 0.25) is 6.79 Å². The molecular formula is C21H18N2O5S2. The third-order valence-electron chi connectivity index (χ3n) is 4.52. The van der Waals surface area contributed by atoms with E-state index < -0.39 is 0 Å². The van der Waals surface area contributed by atoms with E-state index in [4.69, 9.17) is 26.4 Å². The summed E-state index contributed by atoms with van der Waals surface area (Å²) in [7, 11) is 1.59. The molecule has 2 aromatic carbocycles. The first kappa shape index (κ1) is 20.2. The van der Waals surface area contributed by atoms with Crippen LogP contribution in [-0.2, 0) is 4.79 Å². The van der Waals surface area contributed by atoms with Crippen LogP contribution in [0.2, 0.25) is 0 Å². The van der Waals surface area contributed by atoms with Crippen molar-refractivity contribution in [1.29, 1.82) is 0 Å². The zero-order chi connectivity index (χ0) is 21.1. The molecule has 2 aromatic rings. The molecule has 1 fully saturated rings. The van der Waals surface area contributed by atoms with Crippen LogP contribution in [0.5, 0.6) is 17.2 Å². The number of benzene rings is 2. The van der Waals surface area contributed by atoms with Gasteiger partial charge < -0.3 is 19.5 Å². The van der Waals surface area contributed by atoms with Gasteiger partial charge in [-0.1, -0.05) is 36.1 Å². The average Bonchev–Trinajstić information content (AvgIpc) is 3.33. The Morgan fingerprint density at radius 1 is 1.27 bits per heavy atom. The van der Waals surface area contributed by atoms with Gasteiger partial charge in [0.1, 0.15) is 10.1 Å². The summed E-state index contributed by atoms with van der Waals surface area (Å²) in [5.41, 5.74) is 1.31. The molecule has 2 amide bonds. The summed E-state index contributed by atoms with van der Waals surface area (Å²) >= 11 is 6.59. The molecular weight excluding hydrogens is 424 g/mol. The molecule has 0 radical (unpaired) electrons. The molecule has 0 bridgehead atoms. The van der Waals surface area contributed by atoms with Gasteiger partial charge in [0.25, 0.3) is 11.8 Å². The number of hydrogen-bond donors (Lipinski definition) is 1. The molecule has 2 heterocycles. The maximum atomic E-state index is 12.7. The van der Waals surface area contributed by atoms with Gasteiger partial charge >= 0.3 is 0 Å². The first-order valence-corrected chi connectivity index (χ1v) is 10.3. The van der Waals surface area contributed by atoms with Gasteiger partial charge in [-0.2, -0.15) is 0 Å². The Hall–Kier alpha value is -3.04. The van der Waals surface area contributed by atoms with E-state index in [1.54, 1.807) is 31.4 Å². The van der Waals surface area contributed by atoms with Crippen molar-refractivity contribution in [2.75, 3.05) is 27.0 Å². The van der Waals surface area contributed by atoms with E-state index in [0.29, 0.717) is 32.0 Å². The van der Waals surface area contributed by atoms with Gasteiger partial charge in [-0.25, -0.2) is 0 Å². The summed E-state index contributed by atoms with van der Waals surface area (Å²) in [6, 6.07) is 12.4. The topological polar surface area (TPSA) is 77.1 Å². The fourth-order valence-electron chi connectivity index (χ4n) is 3.00. The molecule has 0 spiro atoms. The molecule has 0 aliphatic carbocycles. The second-order valence-corrected chi connectivity index (χ2v) is 8.11. The number of nitrogens with zero attached hydrogens (tertiary/aromatic N) is 1. The maximum absolute atomic E-state index is 12.7. The lowest BCUT2D eigenvalue weighted by Gasteiger charge is -2.15. The summed E-state index contributed by atoms with van der Waals surface area (Å²) in [6.07, 6.45) is 1.78. The number of rotatable bonds is 6. The SMILES string of the molecule is COc1cccc(/C=C2/SC(=S)N(CCNC(=O)c3ccc4c(c3)OCO4)C2=O)c1. The molecule has 1 saturated heterocycles. The predicted octanol–water partition coefficient (Wildman–Crippen LogP) is 3.06. The molecule has 2 aliphatic heterocycles. The standard InChI is InChI=1S/C21H18N2O5S2/c1-26-15-4-2-3-13(9-15)10-18-20(25)23(21(29)30-18)8-7-22-19(24)14-5-6-16-17(11-14)28-12-27-16/h2-6,9-11H,7-8,12H2,1H3,(H,22,24)/b18-10+. The van der Waals surface area contributed by atoms with Crippen molar-refractivity contribution < 1.29 is 23.8 Å². The maximum Gasteiger partial charge on any atom is 0.266 e. The Balaban J connectivity index is 1.35. The monoisotopic (exact) mass is 442 g/mol. The minimum Gasteiger partial charge on any atom is -0.497 e. The van der Waals surface area contributed by atoms with Crippen molar-refractivity contribution in [3.63, 3.8) is 0 Å². The lowest BCUT2D eigenvalue weighted by Crippen LogP contribution is -2.37. The first-order valence-electron chi connectivity index (χ1n) is 9.12. The van der Waals surface area contributed by atoms with Gasteiger partial charge in [0.05, 0.1) is 12.0 Å². The van der Waals surface area contributed by atoms with E-state index in [2.05, 4.69) is 5.32 Å². The van der Waals surface area contributed by atoms with Crippen LogP contribution in [0.3, 0.4) is 0 Å². The van der Waals surface area contributed by atoms with Crippen LogP contribution >= 0.6 is 24.0 Å². The molecule has 0 atom stereocenters. The summed E-state index contributed by atoms with van der Waals surface area (Å²) in [5, 5.41) is 2.80. The van der Waals surface area contributed by atoms with E-state index in [9.17, 15) is 9.59 Å². The molecule has 0 unspecified atom stereocenters. The largest absolute Gasteiger partial charge is 0.497 e. The Morgan fingerprint density at radius 2 is 2.10 bits per heavy atom. The molecule has 9 heteroatoms. The molecule has 154 valence electrons. The van der Waals surface area contributed by atoms with Gasteiger partial charge in [0.15, 0.2) is 11.5 Å². The smallest absolute Gasteiger partial charge is 0.266 e. The Labute approximate surface area is 183 Å². The fourth-order valence-corrected chi connectivity index (χ4v) is 4.31. The Bertz CT molecular complexity index is 1050. The van der Waals surface area contributed by atoms with E-state index in [0.717, 1.165) is 5.56 Å². The molecule has 4 rings (SSSR count). The minimum absolute atomic E-state index is 0.151. The number of carbonyl (C=O) groups is 2. The highest BCUT2D eigenvalue weighted by atomic mass is 32.2. The normalized spacial score (nSPS) is 16.3. The molecule has 1 N–H and O–H groups in total. The lowest BCUT2D eigenvalue weighted by molar-refractivity contribution is -0.122. The van der Waals surface area contributed by atoms with Crippen molar-refractivity contribution in [3.8, 4) is 17.2 Å². The van der Waals surface area contributed by atoms with E-state index >= 15 is 0 Å². The second-order valence-electron chi connectivity index (χ2n) is 6.43. The van der Waals surface area contributed by atoms with Crippen molar-refractivity contribution >= 4 is 46.2 Å². The Morgan fingerprint density at radius 3 is 2.93 bits per heavy atom. The third kappa shape index (κ3) is 4.27. The van der Waals surface area contributed by atoms with Crippen molar-refractivity contribution in [1.82, 2.24) is 10.2 Å². The zero-order valence-electron chi connectivity index (χ0n) is 16.0. The fraction of sp³-hybridized carbons (Fsp3) is 0.190. The first-order chi connectivity index (χ1) is 14.5. The van der Waals surface area contributed by atoms with Crippen LogP contribution in [0.4, 0.5) is 0 Å². The highest BCUT2D eigenvalue weighted by Crippen LogP contribution is 2.33. The van der Waals surface area contributed by atoms with Crippen LogP contribution in [0.15, 0.2) is 47.4 Å². The number of hydrogen-bond acceptors (Lipinski definition) is 7. The molecule has 0 aromatic heterocycles. The number of nitrogens with one attached hydrogen (secondary N) is 1. The van der Waals surface area contributed by atoms with Crippen molar-refractivity contribution in [2.45, 2.75) is 0 Å². The number of ether oxygens (including phenoxy) is 3. The van der Waals surface area contributed by atoms with Crippen LogP contribution in [0, 0.1) is 0 Å². The van der Waals surface area contributed by atoms with Crippen LogP contribution < -0.4 is 19.5 Å². The summed E-state index contributed by atoms with van der Waals surface area (Å²) in [5.74, 6) is 1.44. The average molecular weight is 443 g/mol. The van der Waals surface area contributed by atoms with E-state index in [-0.39, 0.29) is 31.7 Å². The van der Waals surface area contributed by atoms with Gasteiger partial charge in [0, 0.05) is 18.7 Å². The quantitative estimate of drug-likeness (QED) is 0.544.